The van der Waals surface area contributed by atoms with Gasteiger partial charge >= 0.3 is 5.97 Å². The first-order valence-corrected chi connectivity index (χ1v) is 10.4. The van der Waals surface area contributed by atoms with Crippen molar-refractivity contribution in [2.45, 2.75) is 18.8 Å². The lowest BCUT2D eigenvalue weighted by molar-refractivity contribution is 0.0696. The van der Waals surface area contributed by atoms with Gasteiger partial charge in [-0.3, -0.25) is 14.6 Å². The van der Waals surface area contributed by atoms with E-state index in [1.54, 1.807) is 12.3 Å². The smallest absolute Gasteiger partial charge is 0.335 e. The van der Waals surface area contributed by atoms with Crippen molar-refractivity contribution in [3.63, 3.8) is 0 Å². The van der Waals surface area contributed by atoms with Gasteiger partial charge in [0.25, 0.3) is 11.8 Å². The number of rotatable bonds is 7. The van der Waals surface area contributed by atoms with E-state index in [2.05, 4.69) is 20.4 Å². The van der Waals surface area contributed by atoms with Crippen LogP contribution in [0.3, 0.4) is 0 Å². The first-order valence-electron chi connectivity index (χ1n) is 10.4. The molecule has 2 amide bonds. The number of pyridine rings is 1. The first-order chi connectivity index (χ1) is 16.4. The fourth-order valence-electron chi connectivity index (χ4n) is 3.42. The zero-order valence-electron chi connectivity index (χ0n) is 17.6. The number of aromatic nitrogens is 4. The lowest BCUT2D eigenvalue weighted by atomic mass is 10.2. The molecule has 4 N–H and O–H groups in total. The molecule has 11 nitrogen and oxygen atoms in total. The van der Waals surface area contributed by atoms with E-state index in [1.807, 2.05) is 6.07 Å². The average Bonchev–Trinajstić information content (AvgIpc) is 3.41. The maximum absolute atomic E-state index is 12.8. The van der Waals surface area contributed by atoms with E-state index in [1.165, 1.54) is 41.4 Å². The number of carboxylic acid groups (broad SMARTS) is 1. The number of nitrogens with one attached hydrogen (secondary N) is 1. The van der Waals surface area contributed by atoms with Gasteiger partial charge < -0.3 is 20.6 Å². The fourth-order valence-corrected chi connectivity index (χ4v) is 3.42. The molecule has 1 saturated carbocycles. The summed E-state index contributed by atoms with van der Waals surface area (Å²) < 4.78 is 6.80. The number of anilines is 1. The molecule has 0 atom stereocenters. The number of hydrogen-bond acceptors (Lipinski definition) is 7. The third kappa shape index (κ3) is 4.13. The summed E-state index contributed by atoms with van der Waals surface area (Å²) in [7, 11) is 0. The highest BCUT2D eigenvalue weighted by atomic mass is 16.4. The standard InChI is InChI=1S/C23H18N6O5/c24-20(30)19-17(10-29(28-19)15-5-3-13(4-6-15)23(32)33)26-21(31)18-11-34-22(27-18)14-7-8-25-16(9-14)12-1-2-12/h3-12H,1-2H2,(H2,24,30)(H,26,31)(H,32,33). The van der Waals surface area contributed by atoms with Crippen LogP contribution in [-0.2, 0) is 0 Å². The molecule has 11 heteroatoms. The molecular formula is C23H18N6O5. The zero-order chi connectivity index (χ0) is 23.8. The van der Waals surface area contributed by atoms with E-state index in [4.69, 9.17) is 15.3 Å². The van der Waals surface area contributed by atoms with Crippen LogP contribution in [0.4, 0.5) is 5.69 Å². The summed E-state index contributed by atoms with van der Waals surface area (Å²) in [5, 5.41) is 15.7. The molecule has 34 heavy (non-hydrogen) atoms. The van der Waals surface area contributed by atoms with Gasteiger partial charge in [0.05, 0.1) is 23.1 Å². The molecule has 0 aliphatic heterocycles. The van der Waals surface area contributed by atoms with E-state index in [9.17, 15) is 14.4 Å². The molecule has 1 aromatic carbocycles. The monoisotopic (exact) mass is 458 g/mol. The van der Waals surface area contributed by atoms with Gasteiger partial charge in [-0.2, -0.15) is 5.10 Å². The van der Waals surface area contributed by atoms with Crippen molar-refractivity contribution in [3.05, 3.63) is 77.7 Å². The first kappa shape index (κ1) is 21.1. The molecule has 3 heterocycles. The Hall–Kier alpha value is -4.80. The van der Waals surface area contributed by atoms with Gasteiger partial charge in [-0.25, -0.2) is 14.5 Å². The van der Waals surface area contributed by atoms with Gasteiger partial charge in [0.1, 0.15) is 6.26 Å². The van der Waals surface area contributed by atoms with Crippen molar-refractivity contribution in [1.82, 2.24) is 19.7 Å². The molecule has 3 aromatic heterocycles. The average molecular weight is 458 g/mol. The molecule has 1 fully saturated rings. The molecule has 4 aromatic rings. The summed E-state index contributed by atoms with van der Waals surface area (Å²) in [5.74, 6) is -1.79. The van der Waals surface area contributed by atoms with E-state index < -0.39 is 17.8 Å². The van der Waals surface area contributed by atoms with E-state index >= 15 is 0 Å². The van der Waals surface area contributed by atoms with E-state index in [-0.39, 0.29) is 28.5 Å². The van der Waals surface area contributed by atoms with Gasteiger partial charge in [0, 0.05) is 23.4 Å². The largest absolute Gasteiger partial charge is 0.478 e. The Morgan fingerprint density at radius 2 is 1.91 bits per heavy atom. The second-order valence-electron chi connectivity index (χ2n) is 7.79. The number of carbonyl (C=O) groups excluding carboxylic acids is 2. The number of hydrogen-bond donors (Lipinski definition) is 3. The normalized spacial score (nSPS) is 12.9. The molecule has 1 aliphatic carbocycles. The molecule has 1 aliphatic rings. The minimum absolute atomic E-state index is 0.00812. The zero-order valence-corrected chi connectivity index (χ0v) is 17.6. The van der Waals surface area contributed by atoms with Crippen LogP contribution in [0.5, 0.6) is 0 Å². The van der Waals surface area contributed by atoms with E-state index in [0.29, 0.717) is 17.2 Å². The third-order valence-corrected chi connectivity index (χ3v) is 5.34. The van der Waals surface area contributed by atoms with Gasteiger partial charge in [0.2, 0.25) is 5.89 Å². The SMILES string of the molecule is NC(=O)c1nn(-c2ccc(C(=O)O)cc2)cc1NC(=O)c1coc(-c2ccnc(C3CC3)c2)n1. The topological polar surface area (TPSA) is 166 Å². The molecular weight excluding hydrogens is 440 g/mol. The molecule has 0 bridgehead atoms. The number of carbonyl (C=O) groups is 3. The van der Waals surface area contributed by atoms with Crippen molar-refractivity contribution < 1.29 is 23.9 Å². The summed E-state index contributed by atoms with van der Waals surface area (Å²) in [6, 6.07) is 9.47. The number of benzene rings is 1. The maximum atomic E-state index is 12.8. The summed E-state index contributed by atoms with van der Waals surface area (Å²) in [6.45, 7) is 0. The minimum Gasteiger partial charge on any atom is -0.478 e. The molecule has 170 valence electrons. The summed E-state index contributed by atoms with van der Waals surface area (Å²) in [6.07, 6.45) is 6.52. The predicted molar refractivity (Wildman–Crippen MR) is 119 cm³/mol. The molecule has 0 spiro atoms. The van der Waals surface area contributed by atoms with Crippen LogP contribution in [0.1, 0.15) is 55.8 Å². The van der Waals surface area contributed by atoms with Crippen molar-refractivity contribution >= 4 is 23.5 Å². The molecule has 0 unspecified atom stereocenters. The third-order valence-electron chi connectivity index (χ3n) is 5.34. The lowest BCUT2D eigenvalue weighted by Crippen LogP contribution is -2.18. The second-order valence-corrected chi connectivity index (χ2v) is 7.79. The van der Waals surface area contributed by atoms with Crippen molar-refractivity contribution in [2.75, 3.05) is 5.32 Å². The Morgan fingerprint density at radius 1 is 1.15 bits per heavy atom. The van der Waals surface area contributed by atoms with E-state index in [0.717, 1.165) is 18.5 Å². The number of amides is 2. The second kappa shape index (κ2) is 8.28. The minimum atomic E-state index is -1.07. The van der Waals surface area contributed by atoms with Crippen LogP contribution in [0.2, 0.25) is 0 Å². The summed E-state index contributed by atoms with van der Waals surface area (Å²) >= 11 is 0. The van der Waals surface area contributed by atoms with Crippen LogP contribution in [0.15, 0.2) is 59.5 Å². The molecule has 0 saturated heterocycles. The predicted octanol–water partition coefficient (Wildman–Crippen LogP) is 2.85. The van der Waals surface area contributed by atoms with Crippen molar-refractivity contribution in [1.29, 1.82) is 0 Å². The number of aromatic carboxylic acids is 1. The highest BCUT2D eigenvalue weighted by molar-refractivity contribution is 6.07. The highest BCUT2D eigenvalue weighted by Gasteiger charge is 2.26. The Morgan fingerprint density at radius 3 is 2.59 bits per heavy atom. The Balaban J connectivity index is 1.38. The fraction of sp³-hybridized carbons (Fsp3) is 0.130. The molecule has 5 rings (SSSR count). The van der Waals surface area contributed by atoms with Crippen LogP contribution >= 0.6 is 0 Å². The van der Waals surface area contributed by atoms with Gasteiger partial charge in [-0.05, 0) is 49.2 Å². The number of primary amides is 1. The highest BCUT2D eigenvalue weighted by Crippen LogP contribution is 2.39. The number of oxazole rings is 1. The van der Waals surface area contributed by atoms with Crippen LogP contribution in [0, 0.1) is 0 Å². The lowest BCUT2D eigenvalue weighted by Gasteiger charge is -2.02. The van der Waals surface area contributed by atoms with Crippen molar-refractivity contribution in [2.24, 2.45) is 5.73 Å². The van der Waals surface area contributed by atoms with Crippen LogP contribution in [-0.4, -0.2) is 42.6 Å². The Kier molecular flexibility index (Phi) is 5.13. The Bertz CT molecular complexity index is 1420. The van der Waals surface area contributed by atoms with Crippen molar-refractivity contribution in [3.8, 4) is 17.1 Å². The molecule has 0 radical (unpaired) electrons. The quantitative estimate of drug-likeness (QED) is 0.380. The van der Waals surface area contributed by atoms with Crippen LogP contribution in [0.25, 0.3) is 17.1 Å². The number of carboxylic acids is 1. The summed E-state index contributed by atoms with van der Waals surface area (Å²) in [5.41, 5.74) is 7.59. The van der Waals surface area contributed by atoms with Gasteiger partial charge in [-0.1, -0.05) is 0 Å². The van der Waals surface area contributed by atoms with Gasteiger partial charge in [-0.15, -0.1) is 0 Å². The maximum Gasteiger partial charge on any atom is 0.335 e. The summed E-state index contributed by atoms with van der Waals surface area (Å²) in [4.78, 5) is 44.3. The van der Waals surface area contributed by atoms with Gasteiger partial charge in [0.15, 0.2) is 11.4 Å². The number of nitrogens with zero attached hydrogens (tertiary/aromatic N) is 4. The number of nitrogens with two attached hydrogens (primary N) is 1. The van der Waals surface area contributed by atoms with Crippen LogP contribution < -0.4 is 11.1 Å². The Labute approximate surface area is 192 Å².